The molecule has 1 heterocycles. The van der Waals surface area contributed by atoms with Gasteiger partial charge in [-0.15, -0.1) is 0 Å². The van der Waals surface area contributed by atoms with Crippen molar-refractivity contribution in [3.63, 3.8) is 0 Å². The van der Waals surface area contributed by atoms with Crippen LogP contribution < -0.4 is 5.32 Å². The average molecular weight is 338 g/mol. The minimum absolute atomic E-state index is 0.122. The Bertz CT molecular complexity index is 613. The number of amides is 2. The summed E-state index contributed by atoms with van der Waals surface area (Å²) in [5.41, 5.74) is 0.920. The van der Waals surface area contributed by atoms with Crippen molar-refractivity contribution in [1.29, 1.82) is 0 Å². The third-order valence-corrected chi connectivity index (χ3v) is 3.77. The number of urea groups is 1. The number of nitrogens with zero attached hydrogens (tertiary/aromatic N) is 1. The second-order valence-electron chi connectivity index (χ2n) is 5.48. The molecule has 0 aromatic heterocycles. The van der Waals surface area contributed by atoms with Gasteiger partial charge in [-0.2, -0.15) is 0 Å². The van der Waals surface area contributed by atoms with E-state index >= 15 is 0 Å². The van der Waals surface area contributed by atoms with Crippen LogP contribution in [0.4, 0.5) is 9.18 Å². The lowest BCUT2D eigenvalue weighted by Gasteiger charge is -2.39. The quantitative estimate of drug-likeness (QED) is 0.765. The van der Waals surface area contributed by atoms with Gasteiger partial charge >= 0.3 is 18.0 Å². The lowest BCUT2D eigenvalue weighted by Crippen LogP contribution is -2.57. The second-order valence-corrected chi connectivity index (χ2v) is 5.48. The number of halogens is 1. The number of nitrogens with one attached hydrogen (secondary N) is 1. The van der Waals surface area contributed by atoms with Crippen molar-refractivity contribution in [3.8, 4) is 0 Å². The van der Waals surface area contributed by atoms with Crippen LogP contribution in [0.1, 0.15) is 22.8 Å². The number of carboxylic acid groups (broad SMARTS) is 1. The van der Waals surface area contributed by atoms with E-state index in [2.05, 4.69) is 10.1 Å². The molecule has 1 atom stereocenters. The summed E-state index contributed by atoms with van der Waals surface area (Å²) in [6.07, 6.45) is -1.71. The van der Waals surface area contributed by atoms with Gasteiger partial charge < -0.3 is 20.1 Å². The molecule has 7 nitrogen and oxygen atoms in total. The molecule has 2 amide bonds. The molecular formula is C16H19FN2O5. The van der Waals surface area contributed by atoms with E-state index in [9.17, 15) is 18.8 Å². The second kappa shape index (κ2) is 7.76. The van der Waals surface area contributed by atoms with Gasteiger partial charge in [-0.05, 0) is 24.6 Å². The van der Waals surface area contributed by atoms with Crippen molar-refractivity contribution in [2.75, 3.05) is 19.7 Å². The standard InChI is InChI=1S/C16H19FN2O5/c1-2-24-15(22)13(17)12-8-19(9-12)16(23)18-7-10-3-5-11(6-4-10)14(20)21/h3-6,12-13H,2,7-9H2,1H3,(H,18,23)(H,20,21). The van der Waals surface area contributed by atoms with E-state index in [1.807, 2.05) is 0 Å². The van der Waals surface area contributed by atoms with Crippen LogP contribution in [0.15, 0.2) is 24.3 Å². The van der Waals surface area contributed by atoms with Gasteiger partial charge in [-0.1, -0.05) is 12.1 Å². The van der Waals surface area contributed by atoms with Gasteiger partial charge in [-0.25, -0.2) is 18.8 Å². The molecule has 1 fully saturated rings. The van der Waals surface area contributed by atoms with Crippen LogP contribution in [-0.2, 0) is 16.1 Å². The summed E-state index contributed by atoms with van der Waals surface area (Å²) in [6, 6.07) is 5.78. The Hall–Kier alpha value is -2.64. The lowest BCUT2D eigenvalue weighted by molar-refractivity contribution is -0.153. The maximum atomic E-state index is 13.7. The molecule has 1 unspecified atom stereocenters. The van der Waals surface area contributed by atoms with Gasteiger partial charge in [0.25, 0.3) is 0 Å². The number of carbonyl (C=O) groups excluding carboxylic acids is 2. The van der Waals surface area contributed by atoms with Crippen LogP contribution >= 0.6 is 0 Å². The van der Waals surface area contributed by atoms with Crippen LogP contribution in [0, 0.1) is 5.92 Å². The van der Waals surface area contributed by atoms with Gasteiger partial charge in [0.1, 0.15) is 0 Å². The Morgan fingerprint density at radius 2 is 1.96 bits per heavy atom. The first-order chi connectivity index (χ1) is 11.4. The summed E-state index contributed by atoms with van der Waals surface area (Å²) in [7, 11) is 0. The maximum Gasteiger partial charge on any atom is 0.341 e. The number of esters is 1. The molecule has 0 bridgehead atoms. The molecule has 1 aromatic carbocycles. The van der Waals surface area contributed by atoms with Crippen LogP contribution in [0.5, 0.6) is 0 Å². The fraction of sp³-hybridized carbons (Fsp3) is 0.438. The molecule has 2 rings (SSSR count). The third-order valence-electron chi connectivity index (χ3n) is 3.77. The summed E-state index contributed by atoms with van der Waals surface area (Å²) in [4.78, 5) is 35.4. The fourth-order valence-electron chi connectivity index (χ4n) is 2.33. The Labute approximate surface area is 138 Å². The topological polar surface area (TPSA) is 95.9 Å². The highest BCUT2D eigenvalue weighted by Gasteiger charge is 2.40. The summed E-state index contributed by atoms with van der Waals surface area (Å²) >= 11 is 0. The molecule has 2 N–H and O–H groups in total. The zero-order valence-corrected chi connectivity index (χ0v) is 13.2. The molecule has 8 heteroatoms. The molecule has 0 saturated carbocycles. The van der Waals surface area contributed by atoms with E-state index < -0.39 is 24.0 Å². The first-order valence-corrected chi connectivity index (χ1v) is 7.58. The highest BCUT2D eigenvalue weighted by atomic mass is 19.1. The van der Waals surface area contributed by atoms with Crippen molar-refractivity contribution < 1.29 is 28.6 Å². The Morgan fingerprint density at radius 3 is 2.50 bits per heavy atom. The maximum absolute atomic E-state index is 13.7. The van der Waals surface area contributed by atoms with Crippen molar-refractivity contribution in [2.45, 2.75) is 19.6 Å². The van der Waals surface area contributed by atoms with Gasteiger partial charge in [0.15, 0.2) is 0 Å². The molecule has 1 aliphatic heterocycles. The number of benzene rings is 1. The fourth-order valence-corrected chi connectivity index (χ4v) is 2.33. The predicted octanol–water partition coefficient (Wildman–Crippen LogP) is 1.43. The van der Waals surface area contributed by atoms with Crippen LogP contribution in [0.3, 0.4) is 0 Å². The monoisotopic (exact) mass is 338 g/mol. The zero-order chi connectivity index (χ0) is 17.7. The molecular weight excluding hydrogens is 319 g/mol. The number of aromatic carboxylic acids is 1. The van der Waals surface area contributed by atoms with Gasteiger partial charge in [0.05, 0.1) is 12.2 Å². The molecule has 24 heavy (non-hydrogen) atoms. The third kappa shape index (κ3) is 4.21. The van der Waals surface area contributed by atoms with E-state index in [1.165, 1.54) is 17.0 Å². The van der Waals surface area contributed by atoms with Gasteiger partial charge in [0.2, 0.25) is 6.17 Å². The molecule has 1 aromatic rings. The number of carbonyl (C=O) groups is 3. The molecule has 1 aliphatic rings. The SMILES string of the molecule is CCOC(=O)C(F)C1CN(C(=O)NCc2ccc(C(=O)O)cc2)C1. The molecule has 0 radical (unpaired) electrons. The van der Waals surface area contributed by atoms with E-state index in [4.69, 9.17) is 5.11 Å². The molecule has 0 aliphatic carbocycles. The highest BCUT2D eigenvalue weighted by molar-refractivity contribution is 5.87. The van der Waals surface area contributed by atoms with Crippen molar-refractivity contribution in [3.05, 3.63) is 35.4 Å². The van der Waals surface area contributed by atoms with E-state index in [0.29, 0.717) is 0 Å². The van der Waals surface area contributed by atoms with Crippen LogP contribution in [-0.4, -0.2) is 53.8 Å². The smallest absolute Gasteiger partial charge is 0.341 e. The Morgan fingerprint density at radius 1 is 1.33 bits per heavy atom. The van der Waals surface area contributed by atoms with Crippen LogP contribution in [0.2, 0.25) is 0 Å². The lowest BCUT2D eigenvalue weighted by atomic mass is 9.95. The number of alkyl halides is 1. The first kappa shape index (κ1) is 17.7. The van der Waals surface area contributed by atoms with E-state index in [-0.39, 0.29) is 37.8 Å². The van der Waals surface area contributed by atoms with E-state index in [1.54, 1.807) is 19.1 Å². The summed E-state index contributed by atoms with van der Waals surface area (Å²) in [6.45, 7) is 2.27. The number of ether oxygens (including phenoxy) is 1. The van der Waals surface area contributed by atoms with Crippen LogP contribution in [0.25, 0.3) is 0 Å². The average Bonchev–Trinajstić information content (AvgIpc) is 2.52. The normalized spacial score (nSPS) is 15.3. The minimum Gasteiger partial charge on any atom is -0.478 e. The van der Waals surface area contributed by atoms with Crippen molar-refractivity contribution >= 4 is 18.0 Å². The predicted molar refractivity (Wildman–Crippen MR) is 82.2 cm³/mol. The highest BCUT2D eigenvalue weighted by Crippen LogP contribution is 2.22. The summed E-state index contributed by atoms with van der Waals surface area (Å²) < 4.78 is 18.4. The van der Waals surface area contributed by atoms with E-state index in [0.717, 1.165) is 5.56 Å². The number of hydrogen-bond acceptors (Lipinski definition) is 4. The van der Waals surface area contributed by atoms with Gasteiger partial charge in [-0.3, -0.25) is 0 Å². The largest absolute Gasteiger partial charge is 0.478 e. The molecule has 1 saturated heterocycles. The van der Waals surface area contributed by atoms with Gasteiger partial charge in [0, 0.05) is 25.6 Å². The zero-order valence-electron chi connectivity index (χ0n) is 13.2. The number of carboxylic acids is 1. The first-order valence-electron chi connectivity index (χ1n) is 7.58. The minimum atomic E-state index is -1.71. The summed E-state index contributed by atoms with van der Waals surface area (Å²) in [5.74, 6) is -2.44. The number of hydrogen-bond donors (Lipinski definition) is 2. The Kier molecular flexibility index (Phi) is 5.73. The Balaban J connectivity index is 1.75. The van der Waals surface area contributed by atoms with Crippen molar-refractivity contribution in [2.24, 2.45) is 5.92 Å². The summed E-state index contributed by atoms with van der Waals surface area (Å²) in [5, 5.41) is 11.5. The number of rotatable bonds is 6. The number of likely N-dealkylation sites (tertiary alicyclic amines) is 1. The molecule has 0 spiro atoms. The van der Waals surface area contributed by atoms with Crippen molar-refractivity contribution in [1.82, 2.24) is 10.2 Å². The molecule has 130 valence electrons.